The summed E-state index contributed by atoms with van der Waals surface area (Å²) in [5.41, 5.74) is 2.76. The number of ether oxygens (including phenoxy) is 2. The highest BCUT2D eigenvalue weighted by Gasteiger charge is 2.21. The molecule has 1 heterocycles. The van der Waals surface area contributed by atoms with Crippen molar-refractivity contribution >= 4 is 5.96 Å². The molecule has 0 spiro atoms. The molecule has 0 saturated carbocycles. The molecule has 0 bridgehead atoms. The van der Waals surface area contributed by atoms with Gasteiger partial charge in [-0.05, 0) is 36.8 Å². The minimum atomic E-state index is 0.0378. The van der Waals surface area contributed by atoms with E-state index < -0.39 is 0 Å². The van der Waals surface area contributed by atoms with E-state index in [0.717, 1.165) is 64.6 Å². The number of benzene rings is 1. The minimum Gasteiger partial charge on any atom is -0.381 e. The van der Waals surface area contributed by atoms with E-state index in [9.17, 15) is 0 Å². The summed E-state index contributed by atoms with van der Waals surface area (Å²) in [6.45, 7) is 10.8. The number of nitrogens with zero attached hydrogens (tertiary/aromatic N) is 1. The Balaban J connectivity index is 1.67. The minimum absolute atomic E-state index is 0.0378. The maximum absolute atomic E-state index is 5.91. The van der Waals surface area contributed by atoms with Gasteiger partial charge in [0.05, 0.1) is 6.10 Å². The fourth-order valence-corrected chi connectivity index (χ4v) is 3.19. The molecular weight excluding hydrogens is 338 g/mol. The van der Waals surface area contributed by atoms with Crippen LogP contribution in [0.3, 0.4) is 0 Å². The second-order valence-electron chi connectivity index (χ2n) is 7.82. The lowest BCUT2D eigenvalue weighted by Crippen LogP contribution is -2.43. The predicted octanol–water partition coefficient (Wildman–Crippen LogP) is 3.28. The van der Waals surface area contributed by atoms with Crippen LogP contribution in [-0.4, -0.2) is 52.0 Å². The lowest BCUT2D eigenvalue weighted by Gasteiger charge is -2.27. The van der Waals surface area contributed by atoms with Crippen LogP contribution in [0.4, 0.5) is 0 Å². The second kappa shape index (κ2) is 11.3. The van der Waals surface area contributed by atoms with Crippen molar-refractivity contribution in [3.8, 4) is 0 Å². The topological polar surface area (TPSA) is 54.9 Å². The molecule has 0 amide bonds. The van der Waals surface area contributed by atoms with Gasteiger partial charge in [0, 0.05) is 45.4 Å². The standard InChI is InChI=1S/C22H37N3O2/c1-5-18-7-9-19(10-8-18)22(2,3)17-25-21(23-4)24-13-6-14-27-20-11-15-26-16-12-20/h7-10,20H,5-6,11-17H2,1-4H3,(H2,23,24,25). The smallest absolute Gasteiger partial charge is 0.191 e. The van der Waals surface area contributed by atoms with Gasteiger partial charge in [0.1, 0.15) is 0 Å². The summed E-state index contributed by atoms with van der Waals surface area (Å²) in [6.07, 6.45) is 4.46. The van der Waals surface area contributed by atoms with E-state index in [1.165, 1.54) is 11.1 Å². The second-order valence-corrected chi connectivity index (χ2v) is 7.82. The van der Waals surface area contributed by atoms with E-state index in [1.807, 2.05) is 7.05 Å². The molecule has 1 saturated heterocycles. The summed E-state index contributed by atoms with van der Waals surface area (Å²) in [5, 5.41) is 6.84. The van der Waals surface area contributed by atoms with Gasteiger partial charge in [-0.3, -0.25) is 4.99 Å². The predicted molar refractivity (Wildman–Crippen MR) is 113 cm³/mol. The van der Waals surface area contributed by atoms with Crippen molar-refractivity contribution in [2.45, 2.75) is 58.0 Å². The summed E-state index contributed by atoms with van der Waals surface area (Å²) in [7, 11) is 1.82. The molecule has 2 N–H and O–H groups in total. The summed E-state index contributed by atoms with van der Waals surface area (Å²) < 4.78 is 11.3. The Hall–Kier alpha value is -1.59. The molecule has 5 heteroatoms. The van der Waals surface area contributed by atoms with Crippen LogP contribution in [0.15, 0.2) is 29.3 Å². The van der Waals surface area contributed by atoms with E-state index in [0.29, 0.717) is 6.10 Å². The Morgan fingerprint density at radius 1 is 1.19 bits per heavy atom. The first-order valence-corrected chi connectivity index (χ1v) is 10.3. The lowest BCUT2D eigenvalue weighted by molar-refractivity contribution is -0.0320. The van der Waals surface area contributed by atoms with Crippen LogP contribution in [0, 0.1) is 0 Å². The molecule has 0 unspecified atom stereocenters. The Morgan fingerprint density at radius 3 is 2.52 bits per heavy atom. The van der Waals surface area contributed by atoms with Crippen LogP contribution >= 0.6 is 0 Å². The highest BCUT2D eigenvalue weighted by Crippen LogP contribution is 2.22. The molecule has 152 valence electrons. The first-order chi connectivity index (χ1) is 13.0. The third-order valence-electron chi connectivity index (χ3n) is 5.20. The number of aliphatic imine (C=N–C) groups is 1. The summed E-state index contributed by atoms with van der Waals surface area (Å²) in [6, 6.07) is 8.93. The summed E-state index contributed by atoms with van der Waals surface area (Å²) in [5.74, 6) is 0.847. The van der Waals surface area contributed by atoms with E-state index >= 15 is 0 Å². The van der Waals surface area contributed by atoms with Crippen LogP contribution < -0.4 is 10.6 Å². The average molecular weight is 376 g/mol. The molecule has 1 aromatic carbocycles. The molecule has 2 rings (SSSR count). The van der Waals surface area contributed by atoms with Crippen molar-refractivity contribution in [2.24, 2.45) is 4.99 Å². The SMILES string of the molecule is CCc1ccc(C(C)(C)CNC(=NC)NCCCOC2CCOCC2)cc1. The Kier molecular flexibility index (Phi) is 9.08. The molecule has 1 aliphatic heterocycles. The summed E-state index contributed by atoms with van der Waals surface area (Å²) >= 11 is 0. The summed E-state index contributed by atoms with van der Waals surface area (Å²) in [4.78, 5) is 4.34. The molecule has 5 nitrogen and oxygen atoms in total. The molecule has 0 radical (unpaired) electrons. The van der Waals surface area contributed by atoms with Gasteiger partial charge in [0.2, 0.25) is 0 Å². The van der Waals surface area contributed by atoms with Crippen molar-refractivity contribution in [1.82, 2.24) is 10.6 Å². The Morgan fingerprint density at radius 2 is 1.89 bits per heavy atom. The van der Waals surface area contributed by atoms with Gasteiger partial charge in [-0.2, -0.15) is 0 Å². The van der Waals surface area contributed by atoms with Crippen molar-refractivity contribution in [2.75, 3.05) is 40.0 Å². The number of hydrogen-bond acceptors (Lipinski definition) is 3. The number of guanidine groups is 1. The van der Waals surface area contributed by atoms with Gasteiger partial charge in [0.15, 0.2) is 5.96 Å². The zero-order chi connectivity index (χ0) is 19.5. The molecule has 1 aliphatic rings. The van der Waals surface area contributed by atoms with Gasteiger partial charge in [0.25, 0.3) is 0 Å². The Labute approximate surface area is 164 Å². The number of nitrogens with one attached hydrogen (secondary N) is 2. The molecule has 0 aromatic heterocycles. The highest BCUT2D eigenvalue weighted by atomic mass is 16.5. The number of rotatable bonds is 9. The maximum Gasteiger partial charge on any atom is 0.191 e. The van der Waals surface area contributed by atoms with Crippen LogP contribution in [0.1, 0.15) is 51.2 Å². The van der Waals surface area contributed by atoms with Gasteiger partial charge in [-0.1, -0.05) is 45.0 Å². The normalized spacial score (nSPS) is 16.4. The van der Waals surface area contributed by atoms with Gasteiger partial charge < -0.3 is 20.1 Å². The molecule has 1 aromatic rings. The zero-order valence-electron chi connectivity index (χ0n) is 17.5. The van der Waals surface area contributed by atoms with Crippen molar-refractivity contribution in [3.63, 3.8) is 0 Å². The van der Waals surface area contributed by atoms with E-state index in [2.05, 4.69) is 60.7 Å². The molecule has 27 heavy (non-hydrogen) atoms. The first-order valence-electron chi connectivity index (χ1n) is 10.3. The van der Waals surface area contributed by atoms with E-state index in [-0.39, 0.29) is 5.41 Å². The van der Waals surface area contributed by atoms with Crippen molar-refractivity contribution < 1.29 is 9.47 Å². The van der Waals surface area contributed by atoms with E-state index in [1.54, 1.807) is 0 Å². The van der Waals surface area contributed by atoms with Crippen molar-refractivity contribution in [3.05, 3.63) is 35.4 Å². The van der Waals surface area contributed by atoms with Gasteiger partial charge >= 0.3 is 0 Å². The fourth-order valence-electron chi connectivity index (χ4n) is 3.19. The quantitative estimate of drug-likeness (QED) is 0.395. The van der Waals surface area contributed by atoms with Gasteiger partial charge in [-0.25, -0.2) is 0 Å². The van der Waals surface area contributed by atoms with Crippen molar-refractivity contribution in [1.29, 1.82) is 0 Å². The first kappa shape index (κ1) is 21.7. The van der Waals surface area contributed by atoms with Crippen LogP contribution in [0.2, 0.25) is 0 Å². The molecule has 0 atom stereocenters. The third-order valence-corrected chi connectivity index (χ3v) is 5.20. The zero-order valence-corrected chi connectivity index (χ0v) is 17.5. The Bertz CT molecular complexity index is 563. The molecular formula is C22H37N3O2. The number of aryl methyl sites for hydroxylation is 1. The molecule has 1 fully saturated rings. The van der Waals surface area contributed by atoms with Gasteiger partial charge in [-0.15, -0.1) is 0 Å². The van der Waals surface area contributed by atoms with Crippen LogP contribution in [-0.2, 0) is 21.3 Å². The highest BCUT2D eigenvalue weighted by molar-refractivity contribution is 5.79. The van der Waals surface area contributed by atoms with E-state index in [4.69, 9.17) is 9.47 Å². The lowest BCUT2D eigenvalue weighted by atomic mass is 9.84. The monoisotopic (exact) mass is 375 g/mol. The molecule has 0 aliphatic carbocycles. The maximum atomic E-state index is 5.91. The fraction of sp³-hybridized carbons (Fsp3) is 0.682. The average Bonchev–Trinajstić information content (AvgIpc) is 2.71. The van der Waals surface area contributed by atoms with Crippen LogP contribution in [0.5, 0.6) is 0 Å². The third kappa shape index (κ3) is 7.51. The van der Waals surface area contributed by atoms with Crippen LogP contribution in [0.25, 0.3) is 0 Å². The largest absolute Gasteiger partial charge is 0.381 e. The number of hydrogen-bond donors (Lipinski definition) is 2.